The van der Waals surface area contributed by atoms with Crippen LogP contribution in [-0.2, 0) is 0 Å². The summed E-state index contributed by atoms with van der Waals surface area (Å²) in [5.74, 6) is 0.780. The lowest BCUT2D eigenvalue weighted by Crippen LogP contribution is -1.94. The van der Waals surface area contributed by atoms with Crippen molar-refractivity contribution in [3.05, 3.63) is 65.7 Å². The second kappa shape index (κ2) is 6.32. The molecular formula is C19H18N2S. The highest BCUT2D eigenvalue weighted by atomic mass is 32.2. The average molecular weight is 306 g/mol. The van der Waals surface area contributed by atoms with Crippen LogP contribution in [0, 0.1) is 13.8 Å². The lowest BCUT2D eigenvalue weighted by Gasteiger charge is -2.08. The number of aromatic nitrogens is 2. The standard InChI is InChI=1S/C19H18N2S/c1-13-4-8-15(9-5-13)17-12-18(22-3)21-19(20-17)16-10-6-14(2)7-11-16/h4-12H,1-3H3. The lowest BCUT2D eigenvalue weighted by molar-refractivity contribution is 1.06. The van der Waals surface area contributed by atoms with Crippen molar-refractivity contribution in [1.29, 1.82) is 0 Å². The Labute approximate surface area is 135 Å². The minimum atomic E-state index is 0.780. The van der Waals surface area contributed by atoms with Crippen LogP contribution in [-0.4, -0.2) is 16.2 Å². The molecule has 2 aromatic carbocycles. The first kappa shape index (κ1) is 14.8. The van der Waals surface area contributed by atoms with Gasteiger partial charge in [-0.05, 0) is 26.2 Å². The van der Waals surface area contributed by atoms with Crippen LogP contribution in [0.5, 0.6) is 0 Å². The molecule has 0 bridgehead atoms. The second-order valence-electron chi connectivity index (χ2n) is 5.35. The van der Waals surface area contributed by atoms with E-state index >= 15 is 0 Å². The third-order valence-corrected chi connectivity index (χ3v) is 4.20. The fourth-order valence-corrected chi connectivity index (χ4v) is 2.64. The Balaban J connectivity index is 2.10. The Kier molecular flexibility index (Phi) is 4.25. The van der Waals surface area contributed by atoms with Crippen molar-refractivity contribution in [2.24, 2.45) is 0 Å². The van der Waals surface area contributed by atoms with Gasteiger partial charge in [0.25, 0.3) is 0 Å². The summed E-state index contributed by atoms with van der Waals surface area (Å²) in [5, 5.41) is 0.987. The maximum atomic E-state index is 4.76. The van der Waals surface area contributed by atoms with Crippen molar-refractivity contribution in [2.45, 2.75) is 18.9 Å². The van der Waals surface area contributed by atoms with E-state index in [2.05, 4.69) is 67.4 Å². The third kappa shape index (κ3) is 3.20. The molecule has 1 heterocycles. The van der Waals surface area contributed by atoms with E-state index in [-0.39, 0.29) is 0 Å². The summed E-state index contributed by atoms with van der Waals surface area (Å²) in [7, 11) is 0. The third-order valence-electron chi connectivity index (χ3n) is 3.57. The number of hydrogen-bond acceptors (Lipinski definition) is 3. The molecular weight excluding hydrogens is 288 g/mol. The molecule has 0 spiro atoms. The molecule has 0 saturated heterocycles. The van der Waals surface area contributed by atoms with Gasteiger partial charge in [0.15, 0.2) is 5.82 Å². The first-order valence-electron chi connectivity index (χ1n) is 7.23. The summed E-state index contributed by atoms with van der Waals surface area (Å²) in [6.45, 7) is 4.18. The van der Waals surface area contributed by atoms with Gasteiger partial charge in [0.05, 0.1) is 5.69 Å². The molecule has 0 saturated carbocycles. The summed E-state index contributed by atoms with van der Waals surface area (Å²) in [4.78, 5) is 9.40. The first-order chi connectivity index (χ1) is 10.7. The van der Waals surface area contributed by atoms with Gasteiger partial charge in [0.2, 0.25) is 0 Å². The Hall–Kier alpha value is -2.13. The summed E-state index contributed by atoms with van der Waals surface area (Å²) in [6, 6.07) is 18.8. The molecule has 3 heteroatoms. The Morgan fingerprint density at radius 2 is 1.27 bits per heavy atom. The molecule has 22 heavy (non-hydrogen) atoms. The van der Waals surface area contributed by atoms with Gasteiger partial charge in [-0.3, -0.25) is 0 Å². The van der Waals surface area contributed by atoms with Crippen molar-refractivity contribution in [3.8, 4) is 22.6 Å². The quantitative estimate of drug-likeness (QED) is 0.494. The van der Waals surface area contributed by atoms with Crippen LogP contribution in [0.25, 0.3) is 22.6 Å². The molecule has 0 aliphatic carbocycles. The highest BCUT2D eigenvalue weighted by Gasteiger charge is 2.08. The van der Waals surface area contributed by atoms with E-state index in [4.69, 9.17) is 4.98 Å². The Morgan fingerprint density at radius 3 is 1.82 bits per heavy atom. The number of thioether (sulfide) groups is 1. The number of benzene rings is 2. The number of rotatable bonds is 3. The van der Waals surface area contributed by atoms with E-state index in [1.807, 2.05) is 12.3 Å². The maximum Gasteiger partial charge on any atom is 0.161 e. The molecule has 0 aliphatic rings. The molecule has 2 nitrogen and oxygen atoms in total. The zero-order valence-electron chi connectivity index (χ0n) is 13.0. The number of nitrogens with zero attached hydrogens (tertiary/aromatic N) is 2. The molecule has 0 unspecified atom stereocenters. The highest BCUT2D eigenvalue weighted by Crippen LogP contribution is 2.26. The largest absolute Gasteiger partial charge is 0.228 e. The molecule has 110 valence electrons. The minimum absolute atomic E-state index is 0.780. The molecule has 3 aromatic rings. The summed E-state index contributed by atoms with van der Waals surface area (Å²) in [5.41, 5.74) is 5.63. The van der Waals surface area contributed by atoms with E-state index in [1.54, 1.807) is 11.8 Å². The van der Waals surface area contributed by atoms with Gasteiger partial charge in [-0.1, -0.05) is 59.7 Å². The fraction of sp³-hybridized carbons (Fsp3) is 0.158. The summed E-state index contributed by atoms with van der Waals surface area (Å²) < 4.78 is 0. The zero-order valence-corrected chi connectivity index (χ0v) is 13.8. The van der Waals surface area contributed by atoms with Crippen LogP contribution in [0.15, 0.2) is 59.6 Å². The normalized spacial score (nSPS) is 10.7. The summed E-state index contributed by atoms with van der Waals surface area (Å²) in [6.07, 6.45) is 2.04. The number of hydrogen-bond donors (Lipinski definition) is 0. The van der Waals surface area contributed by atoms with Crippen LogP contribution < -0.4 is 0 Å². The van der Waals surface area contributed by atoms with E-state index in [9.17, 15) is 0 Å². The maximum absolute atomic E-state index is 4.76. The molecule has 3 rings (SSSR count). The number of aryl methyl sites for hydroxylation is 2. The van der Waals surface area contributed by atoms with Gasteiger partial charge in [-0.15, -0.1) is 11.8 Å². The predicted molar refractivity (Wildman–Crippen MR) is 94.2 cm³/mol. The molecule has 1 aromatic heterocycles. The smallest absolute Gasteiger partial charge is 0.161 e. The van der Waals surface area contributed by atoms with Crippen LogP contribution in [0.1, 0.15) is 11.1 Å². The van der Waals surface area contributed by atoms with Gasteiger partial charge >= 0.3 is 0 Å². The van der Waals surface area contributed by atoms with Gasteiger partial charge < -0.3 is 0 Å². The second-order valence-corrected chi connectivity index (χ2v) is 6.18. The van der Waals surface area contributed by atoms with E-state index in [0.29, 0.717) is 0 Å². The lowest BCUT2D eigenvalue weighted by atomic mass is 10.1. The van der Waals surface area contributed by atoms with Crippen molar-refractivity contribution in [1.82, 2.24) is 9.97 Å². The topological polar surface area (TPSA) is 25.8 Å². The Morgan fingerprint density at radius 1 is 0.727 bits per heavy atom. The van der Waals surface area contributed by atoms with Gasteiger partial charge in [0.1, 0.15) is 5.03 Å². The van der Waals surface area contributed by atoms with Crippen LogP contribution in [0.4, 0.5) is 0 Å². The van der Waals surface area contributed by atoms with Gasteiger partial charge in [0, 0.05) is 11.1 Å². The van der Waals surface area contributed by atoms with Crippen LogP contribution in [0.3, 0.4) is 0 Å². The van der Waals surface area contributed by atoms with Gasteiger partial charge in [-0.25, -0.2) is 9.97 Å². The molecule has 0 atom stereocenters. The van der Waals surface area contributed by atoms with Crippen LogP contribution in [0.2, 0.25) is 0 Å². The fourth-order valence-electron chi connectivity index (χ4n) is 2.23. The van der Waals surface area contributed by atoms with Crippen molar-refractivity contribution >= 4 is 11.8 Å². The Bertz CT molecular complexity index is 714. The molecule has 0 radical (unpaired) electrons. The molecule has 0 fully saturated rings. The predicted octanol–water partition coefficient (Wildman–Crippen LogP) is 5.15. The van der Waals surface area contributed by atoms with Gasteiger partial charge in [-0.2, -0.15) is 0 Å². The van der Waals surface area contributed by atoms with Crippen molar-refractivity contribution in [2.75, 3.05) is 6.26 Å². The van der Waals surface area contributed by atoms with Crippen molar-refractivity contribution in [3.63, 3.8) is 0 Å². The average Bonchev–Trinajstić information content (AvgIpc) is 2.55. The molecule has 0 aliphatic heterocycles. The molecule has 0 N–H and O–H groups in total. The first-order valence-corrected chi connectivity index (χ1v) is 8.45. The minimum Gasteiger partial charge on any atom is -0.228 e. The van der Waals surface area contributed by atoms with Crippen molar-refractivity contribution < 1.29 is 0 Å². The summed E-state index contributed by atoms with van der Waals surface area (Å²) >= 11 is 1.64. The van der Waals surface area contributed by atoms with E-state index < -0.39 is 0 Å². The van der Waals surface area contributed by atoms with Crippen LogP contribution >= 0.6 is 11.8 Å². The highest BCUT2D eigenvalue weighted by molar-refractivity contribution is 7.98. The van der Waals surface area contributed by atoms with E-state index in [1.165, 1.54) is 11.1 Å². The van der Waals surface area contributed by atoms with E-state index in [0.717, 1.165) is 27.7 Å². The molecule has 0 amide bonds. The monoisotopic (exact) mass is 306 g/mol. The SMILES string of the molecule is CSc1cc(-c2ccc(C)cc2)nc(-c2ccc(C)cc2)n1. The zero-order chi connectivity index (χ0) is 15.5.